The van der Waals surface area contributed by atoms with Crippen LogP contribution in [0.1, 0.15) is 21.5 Å². The number of carbonyl (C=O) groups is 3. The largest absolute Gasteiger partial charge is 0.463 e. The molecular formula is C26H21N3O4. The van der Waals surface area contributed by atoms with Crippen molar-refractivity contribution in [3.63, 3.8) is 0 Å². The Labute approximate surface area is 191 Å². The van der Waals surface area contributed by atoms with Gasteiger partial charge >= 0.3 is 5.97 Å². The molecule has 0 fully saturated rings. The van der Waals surface area contributed by atoms with Crippen LogP contribution in [0.2, 0.25) is 0 Å². The number of terminal acetylenes is 1. The van der Waals surface area contributed by atoms with Crippen LogP contribution in [0.5, 0.6) is 0 Å². The summed E-state index contributed by atoms with van der Waals surface area (Å²) in [7, 11) is 1.12. The van der Waals surface area contributed by atoms with Crippen molar-refractivity contribution >= 4 is 29.0 Å². The number of ether oxygens (including phenoxy) is 1. The lowest BCUT2D eigenvalue weighted by Crippen LogP contribution is -2.45. The summed E-state index contributed by atoms with van der Waals surface area (Å²) in [5.41, 5.74) is 3.04. The van der Waals surface area contributed by atoms with Crippen molar-refractivity contribution in [1.29, 1.82) is 0 Å². The fourth-order valence-electron chi connectivity index (χ4n) is 2.96. The molecule has 1 N–H and O–H groups in total. The quantitative estimate of drug-likeness (QED) is 0.247. The Hall–Kier alpha value is -4.57. The van der Waals surface area contributed by atoms with Gasteiger partial charge in [0.2, 0.25) is 0 Å². The van der Waals surface area contributed by atoms with E-state index in [1.165, 1.54) is 0 Å². The molecule has 0 radical (unpaired) electrons. The monoisotopic (exact) mass is 439 g/mol. The van der Waals surface area contributed by atoms with Crippen LogP contribution in [-0.4, -0.2) is 30.8 Å². The van der Waals surface area contributed by atoms with Gasteiger partial charge in [-0.1, -0.05) is 36.3 Å². The fraction of sp³-hybridized carbons (Fsp3) is 0.115. The predicted molar refractivity (Wildman–Crippen MR) is 123 cm³/mol. The lowest BCUT2D eigenvalue weighted by molar-refractivity contribution is -0.152. The molecule has 0 saturated heterocycles. The molecule has 7 nitrogen and oxygen atoms in total. The minimum atomic E-state index is -1.06. The molecule has 0 aliphatic carbocycles. The summed E-state index contributed by atoms with van der Waals surface area (Å²) in [4.78, 5) is 36.9. The molecule has 3 aromatic carbocycles. The first-order valence-electron chi connectivity index (χ1n) is 10.1. The first-order chi connectivity index (χ1) is 16.0. The van der Waals surface area contributed by atoms with Crippen molar-refractivity contribution in [3.05, 3.63) is 95.6 Å². The topological polar surface area (TPSA) is 97.2 Å². The SMILES string of the molecule is C#Cc1ccc(N=Nc2ccc(C(=O)N[C@@H](Cc3ccccc3)C(=O)C(=O)OC)cc2)cc1. The van der Waals surface area contributed by atoms with Gasteiger partial charge in [-0.2, -0.15) is 10.2 Å². The van der Waals surface area contributed by atoms with E-state index in [0.29, 0.717) is 16.9 Å². The van der Waals surface area contributed by atoms with Gasteiger partial charge in [-0.3, -0.25) is 9.59 Å². The zero-order chi connectivity index (χ0) is 23.6. The summed E-state index contributed by atoms with van der Waals surface area (Å²) in [6.07, 6.45) is 5.49. The molecule has 164 valence electrons. The molecule has 0 aromatic heterocycles. The van der Waals surface area contributed by atoms with Gasteiger partial charge in [-0.05, 0) is 54.1 Å². The smallest absolute Gasteiger partial charge is 0.376 e. The maximum atomic E-state index is 12.7. The van der Waals surface area contributed by atoms with Gasteiger partial charge in [0, 0.05) is 17.5 Å². The number of nitrogens with zero attached hydrogens (tertiary/aromatic N) is 2. The standard InChI is InChI=1S/C26H21N3O4/c1-3-18-9-13-21(14-10-18)28-29-22-15-11-20(12-16-22)25(31)27-23(24(30)26(32)33-2)17-19-7-5-4-6-8-19/h1,4-16,23H,17H2,2H3,(H,27,31)/t23-/m0/s1. The van der Waals surface area contributed by atoms with Crippen molar-refractivity contribution in [3.8, 4) is 12.3 Å². The van der Waals surface area contributed by atoms with Crippen LogP contribution in [0, 0.1) is 12.3 Å². The average Bonchev–Trinajstić information content (AvgIpc) is 2.87. The minimum Gasteiger partial charge on any atom is -0.463 e. The van der Waals surface area contributed by atoms with Crippen molar-refractivity contribution in [2.24, 2.45) is 10.2 Å². The molecule has 1 amide bonds. The van der Waals surface area contributed by atoms with E-state index in [-0.39, 0.29) is 6.42 Å². The third kappa shape index (κ3) is 6.45. The number of rotatable bonds is 8. The molecular weight excluding hydrogens is 418 g/mol. The van der Waals surface area contributed by atoms with Gasteiger partial charge in [0.15, 0.2) is 0 Å². The third-order valence-electron chi connectivity index (χ3n) is 4.74. The molecule has 0 aliphatic rings. The van der Waals surface area contributed by atoms with Crippen LogP contribution in [0.3, 0.4) is 0 Å². The number of azo groups is 1. The van der Waals surface area contributed by atoms with Gasteiger partial charge < -0.3 is 10.1 Å². The van der Waals surface area contributed by atoms with E-state index in [9.17, 15) is 14.4 Å². The predicted octanol–water partition coefficient (Wildman–Crippen LogP) is 4.17. The van der Waals surface area contributed by atoms with Crippen LogP contribution in [0.4, 0.5) is 11.4 Å². The molecule has 1 atom stereocenters. The van der Waals surface area contributed by atoms with E-state index in [4.69, 9.17) is 6.42 Å². The molecule has 0 heterocycles. The number of benzene rings is 3. The van der Waals surface area contributed by atoms with E-state index >= 15 is 0 Å². The highest BCUT2D eigenvalue weighted by Crippen LogP contribution is 2.19. The Kier molecular flexibility index (Phi) is 7.81. The number of hydrogen-bond donors (Lipinski definition) is 1. The highest BCUT2D eigenvalue weighted by molar-refractivity contribution is 6.36. The molecule has 0 bridgehead atoms. The minimum absolute atomic E-state index is 0.158. The van der Waals surface area contributed by atoms with Crippen molar-refractivity contribution in [2.75, 3.05) is 7.11 Å². The second kappa shape index (κ2) is 11.2. The van der Waals surface area contributed by atoms with Gasteiger partial charge in [0.25, 0.3) is 11.7 Å². The summed E-state index contributed by atoms with van der Waals surface area (Å²) in [5.74, 6) is 0.198. The highest BCUT2D eigenvalue weighted by atomic mass is 16.5. The zero-order valence-electron chi connectivity index (χ0n) is 17.9. The zero-order valence-corrected chi connectivity index (χ0v) is 17.9. The van der Waals surface area contributed by atoms with Crippen molar-refractivity contribution in [1.82, 2.24) is 5.32 Å². The Morgan fingerprint density at radius 1 is 0.909 bits per heavy atom. The number of carbonyl (C=O) groups excluding carboxylic acids is 3. The van der Waals surface area contributed by atoms with E-state index in [1.54, 1.807) is 48.5 Å². The van der Waals surface area contributed by atoms with Crippen molar-refractivity contribution < 1.29 is 19.1 Å². The Morgan fingerprint density at radius 3 is 2.03 bits per heavy atom. The van der Waals surface area contributed by atoms with E-state index in [2.05, 4.69) is 26.2 Å². The van der Waals surface area contributed by atoms with Crippen LogP contribution < -0.4 is 5.32 Å². The maximum Gasteiger partial charge on any atom is 0.376 e. The van der Waals surface area contributed by atoms with Crippen LogP contribution >= 0.6 is 0 Å². The number of Topliss-reactive ketones (excluding diaryl/α,β-unsaturated/α-hetero) is 1. The Morgan fingerprint density at radius 2 is 1.48 bits per heavy atom. The van der Waals surface area contributed by atoms with E-state index < -0.39 is 23.7 Å². The Balaban J connectivity index is 1.70. The maximum absolute atomic E-state index is 12.7. The summed E-state index contributed by atoms with van der Waals surface area (Å²) < 4.78 is 4.54. The number of esters is 1. The number of amides is 1. The van der Waals surface area contributed by atoms with Crippen LogP contribution in [0.15, 0.2) is 89.1 Å². The summed E-state index contributed by atoms with van der Waals surface area (Å²) in [6.45, 7) is 0. The first kappa shape index (κ1) is 23.1. The first-order valence-corrected chi connectivity index (χ1v) is 10.1. The second-order valence-electron chi connectivity index (χ2n) is 7.01. The summed E-state index contributed by atoms with van der Waals surface area (Å²) in [6, 6.07) is 21.5. The molecule has 7 heteroatoms. The van der Waals surface area contributed by atoms with E-state index in [1.807, 2.05) is 30.3 Å². The Bertz CT molecular complexity index is 1200. The number of ketones is 1. The molecule has 0 saturated carbocycles. The van der Waals surface area contributed by atoms with Crippen molar-refractivity contribution in [2.45, 2.75) is 12.5 Å². The molecule has 3 aromatic rings. The summed E-state index contributed by atoms with van der Waals surface area (Å²) >= 11 is 0. The lowest BCUT2D eigenvalue weighted by Gasteiger charge is -2.17. The normalized spacial score (nSPS) is 11.4. The average molecular weight is 439 g/mol. The van der Waals surface area contributed by atoms with E-state index in [0.717, 1.165) is 18.2 Å². The molecule has 0 unspecified atom stereocenters. The van der Waals surface area contributed by atoms with Gasteiger partial charge in [-0.25, -0.2) is 4.79 Å². The fourth-order valence-corrected chi connectivity index (χ4v) is 2.96. The van der Waals surface area contributed by atoms with Gasteiger partial charge in [-0.15, -0.1) is 6.42 Å². The van der Waals surface area contributed by atoms with Crippen LogP contribution in [0.25, 0.3) is 0 Å². The van der Waals surface area contributed by atoms with Crippen LogP contribution in [-0.2, 0) is 20.7 Å². The number of hydrogen-bond acceptors (Lipinski definition) is 6. The molecule has 0 aliphatic heterocycles. The number of nitrogens with one attached hydrogen (secondary N) is 1. The molecule has 0 spiro atoms. The third-order valence-corrected chi connectivity index (χ3v) is 4.74. The molecule has 3 rings (SSSR count). The van der Waals surface area contributed by atoms with Gasteiger partial charge in [0.1, 0.15) is 6.04 Å². The second-order valence-corrected chi connectivity index (χ2v) is 7.01. The lowest BCUT2D eigenvalue weighted by atomic mass is 10.0. The summed E-state index contributed by atoms with van der Waals surface area (Å²) in [5, 5.41) is 10.9. The molecule has 33 heavy (non-hydrogen) atoms. The number of methoxy groups -OCH3 is 1. The highest BCUT2D eigenvalue weighted by Gasteiger charge is 2.28. The van der Waals surface area contributed by atoms with Gasteiger partial charge in [0.05, 0.1) is 18.5 Å².